The number of carbonyl (C=O) groups is 2. The van der Waals surface area contributed by atoms with Gasteiger partial charge in [0.05, 0.1) is 0 Å². The van der Waals surface area contributed by atoms with Gasteiger partial charge in [0.1, 0.15) is 0 Å². The standard InChI is InChI=1S/C6H9N2O2/c1-4-5(9)8(3)6(10)7(4)2/h1-3H3. The van der Waals surface area contributed by atoms with Crippen molar-refractivity contribution in [3.63, 3.8) is 0 Å². The highest BCUT2D eigenvalue weighted by molar-refractivity contribution is 6.08. The number of rotatable bonds is 0. The van der Waals surface area contributed by atoms with Gasteiger partial charge in [-0.15, -0.1) is 0 Å². The Balaban J connectivity index is 2.89. The number of nitrogens with zero attached hydrogens (tertiary/aromatic N) is 2. The lowest BCUT2D eigenvalue weighted by Crippen LogP contribution is -2.27. The Bertz CT molecular complexity index is 170. The van der Waals surface area contributed by atoms with Crippen LogP contribution in [0, 0.1) is 6.04 Å². The lowest BCUT2D eigenvalue weighted by Gasteiger charge is -2.08. The van der Waals surface area contributed by atoms with E-state index in [1.54, 1.807) is 14.0 Å². The Labute approximate surface area is 59.4 Å². The van der Waals surface area contributed by atoms with Crippen LogP contribution in [-0.2, 0) is 4.79 Å². The number of urea groups is 1. The van der Waals surface area contributed by atoms with E-state index in [9.17, 15) is 9.59 Å². The summed E-state index contributed by atoms with van der Waals surface area (Å²) in [6.07, 6.45) is 0. The Kier molecular flexibility index (Phi) is 1.39. The molecule has 4 heteroatoms. The monoisotopic (exact) mass is 141 g/mol. The molecule has 1 aliphatic rings. The zero-order valence-corrected chi connectivity index (χ0v) is 6.21. The summed E-state index contributed by atoms with van der Waals surface area (Å²) >= 11 is 0. The van der Waals surface area contributed by atoms with Crippen molar-refractivity contribution in [2.75, 3.05) is 14.1 Å². The molecule has 55 valence electrons. The highest BCUT2D eigenvalue weighted by Gasteiger charge is 2.38. The maximum Gasteiger partial charge on any atom is 0.327 e. The number of hydrogen-bond acceptors (Lipinski definition) is 2. The van der Waals surface area contributed by atoms with E-state index in [-0.39, 0.29) is 11.9 Å². The largest absolute Gasteiger partial charge is 0.327 e. The number of imide groups is 1. The molecule has 0 aromatic carbocycles. The van der Waals surface area contributed by atoms with Crippen molar-refractivity contribution in [3.05, 3.63) is 6.04 Å². The Morgan fingerprint density at radius 2 is 1.60 bits per heavy atom. The molecule has 0 spiro atoms. The maximum atomic E-state index is 11.0. The van der Waals surface area contributed by atoms with Gasteiger partial charge in [-0.1, -0.05) is 0 Å². The van der Waals surface area contributed by atoms with E-state index in [1.165, 1.54) is 11.9 Å². The molecule has 0 aromatic heterocycles. The molecule has 0 bridgehead atoms. The fraction of sp³-hybridized carbons (Fsp3) is 0.500. The normalized spacial score (nSPS) is 21.1. The van der Waals surface area contributed by atoms with Crippen molar-refractivity contribution < 1.29 is 9.59 Å². The molecule has 10 heavy (non-hydrogen) atoms. The van der Waals surface area contributed by atoms with Crippen molar-refractivity contribution in [1.82, 2.24) is 9.80 Å². The highest BCUT2D eigenvalue weighted by atomic mass is 16.2. The van der Waals surface area contributed by atoms with Gasteiger partial charge in [-0.05, 0) is 6.92 Å². The van der Waals surface area contributed by atoms with Gasteiger partial charge in [-0.3, -0.25) is 9.69 Å². The predicted molar refractivity (Wildman–Crippen MR) is 34.8 cm³/mol. The first kappa shape index (κ1) is 7.05. The SMILES string of the molecule is C[C]1C(=O)N(C)C(=O)N1C. The minimum atomic E-state index is -0.262. The first-order chi connectivity index (χ1) is 4.55. The van der Waals surface area contributed by atoms with Crippen LogP contribution in [0.5, 0.6) is 0 Å². The molecule has 0 atom stereocenters. The van der Waals surface area contributed by atoms with Gasteiger partial charge >= 0.3 is 6.03 Å². The van der Waals surface area contributed by atoms with Gasteiger partial charge in [0.2, 0.25) is 0 Å². The summed E-state index contributed by atoms with van der Waals surface area (Å²) in [6, 6.07) is 0.218. The average Bonchev–Trinajstić information content (AvgIpc) is 2.07. The molecule has 1 radical (unpaired) electrons. The molecule has 0 aromatic rings. The molecule has 1 aliphatic heterocycles. The number of hydrogen-bond donors (Lipinski definition) is 0. The Morgan fingerprint density at radius 3 is 1.70 bits per heavy atom. The molecule has 1 saturated heterocycles. The molecule has 1 fully saturated rings. The molecule has 0 aliphatic carbocycles. The first-order valence-corrected chi connectivity index (χ1v) is 2.95. The van der Waals surface area contributed by atoms with Gasteiger partial charge in [-0.2, -0.15) is 0 Å². The van der Waals surface area contributed by atoms with E-state index in [2.05, 4.69) is 0 Å². The zero-order chi connectivity index (χ0) is 7.89. The second kappa shape index (κ2) is 1.97. The van der Waals surface area contributed by atoms with E-state index < -0.39 is 0 Å². The van der Waals surface area contributed by atoms with Crippen LogP contribution in [0.15, 0.2) is 0 Å². The van der Waals surface area contributed by atoms with Gasteiger partial charge in [0.15, 0.2) is 6.04 Å². The molecular formula is C6H9N2O2. The minimum absolute atomic E-state index is 0.215. The molecule has 0 N–H and O–H groups in total. The van der Waals surface area contributed by atoms with E-state index >= 15 is 0 Å². The van der Waals surface area contributed by atoms with Crippen molar-refractivity contribution in [3.8, 4) is 0 Å². The van der Waals surface area contributed by atoms with Crippen LogP contribution in [0.2, 0.25) is 0 Å². The van der Waals surface area contributed by atoms with Crippen molar-refractivity contribution in [2.45, 2.75) is 6.92 Å². The third kappa shape index (κ3) is 0.683. The fourth-order valence-corrected chi connectivity index (χ4v) is 0.842. The molecular weight excluding hydrogens is 132 g/mol. The lowest BCUT2D eigenvalue weighted by atomic mass is 10.3. The Morgan fingerprint density at radius 1 is 1.10 bits per heavy atom. The molecule has 0 saturated carbocycles. The molecule has 4 nitrogen and oxygen atoms in total. The van der Waals surface area contributed by atoms with E-state index in [1.807, 2.05) is 0 Å². The molecule has 0 unspecified atom stereocenters. The van der Waals surface area contributed by atoms with Crippen LogP contribution < -0.4 is 0 Å². The summed E-state index contributed by atoms with van der Waals surface area (Å²) in [7, 11) is 3.05. The third-order valence-corrected chi connectivity index (χ3v) is 1.69. The number of amides is 3. The molecule has 1 rings (SSSR count). The van der Waals surface area contributed by atoms with Crippen LogP contribution in [0.1, 0.15) is 6.92 Å². The summed E-state index contributed by atoms with van der Waals surface area (Å²) in [4.78, 5) is 24.3. The second-order valence-electron chi connectivity index (χ2n) is 2.29. The summed E-state index contributed by atoms with van der Waals surface area (Å²) < 4.78 is 0. The van der Waals surface area contributed by atoms with Crippen molar-refractivity contribution >= 4 is 11.9 Å². The van der Waals surface area contributed by atoms with Gasteiger partial charge in [0.25, 0.3) is 5.91 Å². The van der Waals surface area contributed by atoms with Gasteiger partial charge in [0, 0.05) is 14.1 Å². The van der Waals surface area contributed by atoms with E-state index in [0.717, 1.165) is 4.90 Å². The molecule has 1 heterocycles. The van der Waals surface area contributed by atoms with Crippen molar-refractivity contribution in [2.24, 2.45) is 0 Å². The Hall–Kier alpha value is -1.06. The summed E-state index contributed by atoms with van der Waals surface area (Å²) in [6.45, 7) is 1.63. The summed E-state index contributed by atoms with van der Waals surface area (Å²) in [5, 5.41) is 0. The average molecular weight is 141 g/mol. The van der Waals surface area contributed by atoms with Crippen LogP contribution in [-0.4, -0.2) is 35.8 Å². The fourth-order valence-electron chi connectivity index (χ4n) is 0.842. The first-order valence-electron chi connectivity index (χ1n) is 2.95. The lowest BCUT2D eigenvalue weighted by molar-refractivity contribution is -0.123. The number of carbonyl (C=O) groups excluding carboxylic acids is 2. The second-order valence-corrected chi connectivity index (χ2v) is 2.29. The van der Waals surface area contributed by atoms with E-state index in [4.69, 9.17) is 0 Å². The van der Waals surface area contributed by atoms with E-state index in [0.29, 0.717) is 6.04 Å². The smallest absolute Gasteiger partial charge is 0.310 e. The van der Waals surface area contributed by atoms with Gasteiger partial charge < -0.3 is 4.90 Å². The van der Waals surface area contributed by atoms with Crippen LogP contribution in [0.25, 0.3) is 0 Å². The summed E-state index contributed by atoms with van der Waals surface area (Å²) in [5.74, 6) is -0.215. The molecule has 3 amide bonds. The number of likely N-dealkylation sites (N-methyl/N-ethyl adjacent to an activating group) is 2. The van der Waals surface area contributed by atoms with Crippen molar-refractivity contribution in [1.29, 1.82) is 0 Å². The minimum Gasteiger partial charge on any atom is -0.310 e. The topological polar surface area (TPSA) is 40.6 Å². The van der Waals surface area contributed by atoms with Gasteiger partial charge in [-0.25, -0.2) is 4.79 Å². The highest BCUT2D eigenvalue weighted by Crippen LogP contribution is 2.18. The predicted octanol–water partition coefficient (Wildman–Crippen LogP) is 0.0621. The maximum absolute atomic E-state index is 11.0. The third-order valence-electron chi connectivity index (χ3n) is 1.69. The van der Waals surface area contributed by atoms with Crippen LogP contribution in [0.4, 0.5) is 4.79 Å². The van der Waals surface area contributed by atoms with Crippen LogP contribution >= 0.6 is 0 Å². The van der Waals surface area contributed by atoms with Crippen LogP contribution in [0.3, 0.4) is 0 Å². The summed E-state index contributed by atoms with van der Waals surface area (Å²) in [5.41, 5.74) is 0. The zero-order valence-electron chi connectivity index (χ0n) is 6.21. The quantitative estimate of drug-likeness (QED) is 0.447.